The van der Waals surface area contributed by atoms with Crippen molar-refractivity contribution in [2.75, 3.05) is 11.9 Å². The van der Waals surface area contributed by atoms with Gasteiger partial charge in [-0.15, -0.1) is 0 Å². The SMILES string of the molecule is Cc1ccc(N(C)Cc2ccc(CN)cc2F)cc1. The third kappa shape index (κ3) is 3.32. The van der Waals surface area contributed by atoms with Crippen molar-refractivity contribution >= 4 is 5.69 Å². The highest BCUT2D eigenvalue weighted by Crippen LogP contribution is 2.18. The van der Waals surface area contributed by atoms with Crippen LogP contribution in [0.4, 0.5) is 10.1 Å². The van der Waals surface area contributed by atoms with Gasteiger partial charge in [-0.25, -0.2) is 4.39 Å². The summed E-state index contributed by atoms with van der Waals surface area (Å²) >= 11 is 0. The van der Waals surface area contributed by atoms with Crippen LogP contribution >= 0.6 is 0 Å². The predicted octanol–water partition coefficient (Wildman–Crippen LogP) is 3.23. The molecule has 19 heavy (non-hydrogen) atoms. The zero-order valence-electron chi connectivity index (χ0n) is 11.4. The lowest BCUT2D eigenvalue weighted by Crippen LogP contribution is -2.17. The molecule has 0 atom stereocenters. The Balaban J connectivity index is 2.14. The number of nitrogens with two attached hydrogens (primary N) is 1. The quantitative estimate of drug-likeness (QED) is 0.912. The van der Waals surface area contributed by atoms with Crippen molar-refractivity contribution in [3.8, 4) is 0 Å². The summed E-state index contributed by atoms with van der Waals surface area (Å²) in [7, 11) is 1.96. The molecule has 0 heterocycles. The second-order valence-electron chi connectivity index (χ2n) is 4.82. The van der Waals surface area contributed by atoms with Gasteiger partial charge in [-0.2, -0.15) is 0 Å². The van der Waals surface area contributed by atoms with E-state index in [2.05, 4.69) is 19.1 Å². The molecular formula is C16H19FN2. The lowest BCUT2D eigenvalue weighted by molar-refractivity contribution is 0.605. The van der Waals surface area contributed by atoms with Gasteiger partial charge in [-0.05, 0) is 30.7 Å². The molecule has 0 unspecified atom stereocenters. The summed E-state index contributed by atoms with van der Waals surface area (Å²) in [6, 6.07) is 13.4. The van der Waals surface area contributed by atoms with Gasteiger partial charge in [0.25, 0.3) is 0 Å². The number of hydrogen-bond acceptors (Lipinski definition) is 2. The van der Waals surface area contributed by atoms with Crippen molar-refractivity contribution in [1.82, 2.24) is 0 Å². The van der Waals surface area contributed by atoms with Crippen LogP contribution in [0, 0.1) is 12.7 Å². The number of aryl methyl sites for hydroxylation is 1. The van der Waals surface area contributed by atoms with E-state index in [4.69, 9.17) is 5.73 Å². The summed E-state index contributed by atoms with van der Waals surface area (Å²) < 4.78 is 13.9. The highest BCUT2D eigenvalue weighted by molar-refractivity contribution is 5.47. The van der Waals surface area contributed by atoms with Crippen molar-refractivity contribution in [1.29, 1.82) is 0 Å². The minimum Gasteiger partial charge on any atom is -0.370 e. The van der Waals surface area contributed by atoms with Gasteiger partial charge in [0, 0.05) is 31.4 Å². The first-order chi connectivity index (χ1) is 9.10. The molecular weight excluding hydrogens is 239 g/mol. The van der Waals surface area contributed by atoms with Crippen molar-refractivity contribution in [2.24, 2.45) is 5.73 Å². The Bertz CT molecular complexity index is 549. The van der Waals surface area contributed by atoms with Gasteiger partial charge in [0.05, 0.1) is 0 Å². The first kappa shape index (κ1) is 13.6. The summed E-state index contributed by atoms with van der Waals surface area (Å²) in [6.45, 7) is 2.96. The van der Waals surface area contributed by atoms with Crippen LogP contribution in [-0.4, -0.2) is 7.05 Å². The maximum absolute atomic E-state index is 13.9. The van der Waals surface area contributed by atoms with Crippen molar-refractivity contribution in [3.63, 3.8) is 0 Å². The summed E-state index contributed by atoms with van der Waals surface area (Å²) in [6.07, 6.45) is 0. The summed E-state index contributed by atoms with van der Waals surface area (Å²) in [5.74, 6) is -0.193. The Labute approximate surface area is 113 Å². The van der Waals surface area contributed by atoms with E-state index in [9.17, 15) is 4.39 Å². The van der Waals surface area contributed by atoms with Crippen molar-refractivity contribution < 1.29 is 4.39 Å². The van der Waals surface area contributed by atoms with E-state index in [1.54, 1.807) is 0 Å². The minimum absolute atomic E-state index is 0.193. The molecule has 2 N–H and O–H groups in total. The van der Waals surface area contributed by atoms with Crippen molar-refractivity contribution in [3.05, 3.63) is 65.0 Å². The van der Waals surface area contributed by atoms with Crippen LogP contribution in [0.5, 0.6) is 0 Å². The number of anilines is 1. The molecule has 2 aromatic carbocycles. The van der Waals surface area contributed by atoms with E-state index >= 15 is 0 Å². The highest BCUT2D eigenvalue weighted by Gasteiger charge is 2.07. The number of halogens is 1. The fraction of sp³-hybridized carbons (Fsp3) is 0.250. The molecule has 0 saturated carbocycles. The van der Waals surface area contributed by atoms with Crippen molar-refractivity contribution in [2.45, 2.75) is 20.0 Å². The Kier molecular flexibility index (Phi) is 4.17. The first-order valence-corrected chi connectivity index (χ1v) is 6.35. The van der Waals surface area contributed by atoms with Crippen LogP contribution in [0.3, 0.4) is 0 Å². The largest absolute Gasteiger partial charge is 0.370 e. The summed E-state index contributed by atoms with van der Waals surface area (Å²) in [4.78, 5) is 2.03. The van der Waals surface area contributed by atoms with Gasteiger partial charge in [0.2, 0.25) is 0 Å². The third-order valence-corrected chi connectivity index (χ3v) is 3.24. The second kappa shape index (κ2) is 5.85. The standard InChI is InChI=1S/C16H19FN2/c1-12-3-7-15(8-4-12)19(2)11-14-6-5-13(10-18)9-16(14)17/h3-9H,10-11,18H2,1-2H3. The van der Waals surface area contributed by atoms with E-state index in [-0.39, 0.29) is 5.82 Å². The molecule has 0 aromatic heterocycles. The number of nitrogens with zero attached hydrogens (tertiary/aromatic N) is 1. The van der Waals surface area contributed by atoms with Gasteiger partial charge < -0.3 is 10.6 Å². The average Bonchev–Trinajstić information content (AvgIpc) is 2.41. The maximum Gasteiger partial charge on any atom is 0.128 e. The van der Waals surface area contributed by atoms with Gasteiger partial charge in [0.15, 0.2) is 0 Å². The molecule has 0 aliphatic carbocycles. The minimum atomic E-state index is -0.193. The Morgan fingerprint density at radius 3 is 2.37 bits per heavy atom. The zero-order valence-corrected chi connectivity index (χ0v) is 11.4. The lowest BCUT2D eigenvalue weighted by Gasteiger charge is -2.20. The molecule has 100 valence electrons. The Hall–Kier alpha value is -1.87. The normalized spacial score (nSPS) is 10.5. The van der Waals surface area contributed by atoms with Gasteiger partial charge in [-0.1, -0.05) is 29.8 Å². The maximum atomic E-state index is 13.9. The van der Waals surface area contributed by atoms with Gasteiger partial charge in [-0.3, -0.25) is 0 Å². The van der Waals surface area contributed by atoms with Crippen LogP contribution < -0.4 is 10.6 Å². The smallest absolute Gasteiger partial charge is 0.128 e. The molecule has 0 aliphatic heterocycles. The molecule has 0 saturated heterocycles. The number of rotatable bonds is 4. The van der Waals surface area contributed by atoms with E-state index in [1.165, 1.54) is 11.6 Å². The molecule has 2 rings (SSSR count). The van der Waals surface area contributed by atoms with Crippen LogP contribution in [0.2, 0.25) is 0 Å². The third-order valence-electron chi connectivity index (χ3n) is 3.24. The fourth-order valence-corrected chi connectivity index (χ4v) is 1.99. The van der Waals surface area contributed by atoms with Crippen LogP contribution in [-0.2, 0) is 13.1 Å². The van der Waals surface area contributed by atoms with Crippen LogP contribution in [0.15, 0.2) is 42.5 Å². The van der Waals surface area contributed by atoms with E-state index < -0.39 is 0 Å². The van der Waals surface area contributed by atoms with E-state index in [0.29, 0.717) is 18.7 Å². The molecule has 2 aromatic rings. The second-order valence-corrected chi connectivity index (χ2v) is 4.82. The Morgan fingerprint density at radius 2 is 1.79 bits per heavy atom. The molecule has 0 radical (unpaired) electrons. The van der Waals surface area contributed by atoms with Crippen LogP contribution in [0.1, 0.15) is 16.7 Å². The highest BCUT2D eigenvalue weighted by atomic mass is 19.1. The molecule has 3 heteroatoms. The topological polar surface area (TPSA) is 29.3 Å². The van der Waals surface area contributed by atoms with Gasteiger partial charge in [0.1, 0.15) is 5.82 Å². The van der Waals surface area contributed by atoms with E-state index in [1.807, 2.05) is 36.2 Å². The zero-order chi connectivity index (χ0) is 13.8. The predicted molar refractivity (Wildman–Crippen MR) is 77.6 cm³/mol. The average molecular weight is 258 g/mol. The molecule has 0 spiro atoms. The molecule has 0 amide bonds. The van der Waals surface area contributed by atoms with Gasteiger partial charge >= 0.3 is 0 Å². The fourth-order valence-electron chi connectivity index (χ4n) is 1.99. The molecule has 0 bridgehead atoms. The number of benzene rings is 2. The van der Waals surface area contributed by atoms with Crippen LogP contribution in [0.25, 0.3) is 0 Å². The summed E-state index contributed by atoms with van der Waals surface area (Å²) in [5.41, 5.74) is 9.29. The Morgan fingerprint density at radius 1 is 1.11 bits per heavy atom. The molecule has 2 nitrogen and oxygen atoms in total. The molecule has 0 aliphatic rings. The van der Waals surface area contributed by atoms with E-state index in [0.717, 1.165) is 11.3 Å². The lowest BCUT2D eigenvalue weighted by atomic mass is 10.1. The number of hydrogen-bond donors (Lipinski definition) is 1. The molecule has 0 fully saturated rings. The monoisotopic (exact) mass is 258 g/mol. The summed E-state index contributed by atoms with van der Waals surface area (Å²) in [5, 5.41) is 0. The first-order valence-electron chi connectivity index (χ1n) is 6.35.